The van der Waals surface area contributed by atoms with Crippen molar-refractivity contribution in [3.05, 3.63) is 66.7 Å². The number of hydrogen-bond acceptors (Lipinski definition) is 0. The summed E-state index contributed by atoms with van der Waals surface area (Å²) < 4.78 is 0. The van der Waals surface area contributed by atoms with E-state index in [2.05, 4.69) is 60.7 Å². The topological polar surface area (TPSA) is 0 Å². The molecule has 0 saturated heterocycles. The van der Waals surface area contributed by atoms with Crippen molar-refractivity contribution in [3.8, 4) is 11.1 Å². The number of rotatable bonds is 1. The normalized spacial score (nSPS) is 8.42. The van der Waals surface area contributed by atoms with Gasteiger partial charge in [-0.05, 0) is 11.1 Å². The summed E-state index contributed by atoms with van der Waals surface area (Å²) in [5.74, 6) is 0. The van der Waals surface area contributed by atoms with Crippen molar-refractivity contribution in [2.45, 2.75) is 0 Å². The van der Waals surface area contributed by atoms with Crippen LogP contribution in [0.4, 0.5) is 0 Å². The summed E-state index contributed by atoms with van der Waals surface area (Å²) in [6.45, 7) is 0. The van der Waals surface area contributed by atoms with Crippen LogP contribution in [0, 0.1) is 0 Å². The minimum absolute atomic E-state index is 0. The molecule has 19 heavy (non-hydrogen) atoms. The zero-order valence-corrected chi connectivity index (χ0v) is 13.8. The third-order valence-corrected chi connectivity index (χ3v) is 2.75. The van der Waals surface area contributed by atoms with E-state index in [4.69, 9.17) is 0 Å². The molecule has 0 aliphatic carbocycles. The molecular formula is C15H11Cl3Ti. The van der Waals surface area contributed by atoms with E-state index < -0.39 is 0 Å². The Morgan fingerprint density at radius 3 is 2.05 bits per heavy atom. The van der Waals surface area contributed by atoms with Crippen LogP contribution in [0.5, 0.6) is 0 Å². The van der Waals surface area contributed by atoms with Gasteiger partial charge in [0.15, 0.2) is 0 Å². The van der Waals surface area contributed by atoms with Gasteiger partial charge >= 0.3 is 21.7 Å². The molecule has 0 N–H and O–H groups in total. The van der Waals surface area contributed by atoms with Crippen molar-refractivity contribution >= 4 is 10.8 Å². The molecule has 0 fully saturated rings. The predicted octanol–water partition coefficient (Wildman–Crippen LogP) is -4.76. The van der Waals surface area contributed by atoms with E-state index in [0.29, 0.717) is 0 Å². The molecule has 3 rings (SSSR count). The minimum atomic E-state index is 0. The van der Waals surface area contributed by atoms with Crippen LogP contribution in [0.15, 0.2) is 66.7 Å². The van der Waals surface area contributed by atoms with Crippen LogP contribution in [0.3, 0.4) is 0 Å². The summed E-state index contributed by atoms with van der Waals surface area (Å²) in [7, 11) is 0. The summed E-state index contributed by atoms with van der Waals surface area (Å²) in [6, 6.07) is 23.5. The first kappa shape index (κ1) is 20.9. The molecule has 0 amide bonds. The molecular weight excluding hydrogens is 334 g/mol. The van der Waals surface area contributed by atoms with Crippen LogP contribution >= 0.6 is 0 Å². The molecule has 0 aliphatic rings. The Balaban J connectivity index is 0. The Hall–Kier alpha value is -0.366. The van der Waals surface area contributed by atoms with E-state index in [0.717, 1.165) is 0 Å². The Bertz CT molecular complexity index is 590. The fourth-order valence-electron chi connectivity index (χ4n) is 1.94. The molecule has 0 saturated carbocycles. The Labute approximate surface area is 147 Å². The molecule has 96 valence electrons. The molecule has 4 heteroatoms. The molecule has 0 atom stereocenters. The van der Waals surface area contributed by atoms with E-state index in [9.17, 15) is 0 Å². The molecule has 3 aromatic carbocycles. The maximum absolute atomic E-state index is 2.24. The zero-order chi connectivity index (χ0) is 10.1. The summed E-state index contributed by atoms with van der Waals surface area (Å²) in [5, 5.41) is 2.63. The first-order valence-corrected chi connectivity index (χ1v) is 5.14. The Morgan fingerprint density at radius 2 is 1.37 bits per heavy atom. The van der Waals surface area contributed by atoms with Crippen molar-refractivity contribution in [1.82, 2.24) is 0 Å². The minimum Gasteiger partial charge on any atom is -1.00 e. The van der Waals surface area contributed by atoms with Crippen LogP contribution < -0.4 is 37.2 Å². The maximum atomic E-state index is 2.24. The zero-order valence-electron chi connectivity index (χ0n) is 9.98. The van der Waals surface area contributed by atoms with Crippen molar-refractivity contribution in [2.75, 3.05) is 0 Å². The van der Waals surface area contributed by atoms with Crippen LogP contribution in [0.25, 0.3) is 21.9 Å². The number of hydrogen-bond donors (Lipinski definition) is 0. The fraction of sp³-hybridized carbons (Fsp3) is 0. The molecule has 0 spiro atoms. The van der Waals surface area contributed by atoms with Gasteiger partial charge in [-0.1, -0.05) is 42.5 Å². The number of halogens is 3. The van der Waals surface area contributed by atoms with Gasteiger partial charge in [-0.25, -0.2) is 0 Å². The summed E-state index contributed by atoms with van der Waals surface area (Å²) >= 11 is 0. The molecule has 0 bridgehead atoms. The summed E-state index contributed by atoms with van der Waals surface area (Å²) in [6.07, 6.45) is 0. The van der Waals surface area contributed by atoms with Gasteiger partial charge in [-0.3, -0.25) is 0 Å². The number of benzene rings is 2. The second-order valence-electron chi connectivity index (χ2n) is 3.74. The van der Waals surface area contributed by atoms with E-state index in [1.165, 1.54) is 21.9 Å². The molecule has 0 nitrogen and oxygen atoms in total. The molecule has 0 aromatic heterocycles. The average molecular weight is 345 g/mol. The van der Waals surface area contributed by atoms with Gasteiger partial charge in [0.1, 0.15) is 0 Å². The fourth-order valence-corrected chi connectivity index (χ4v) is 1.94. The Morgan fingerprint density at radius 1 is 0.684 bits per heavy atom. The third kappa shape index (κ3) is 4.59. The summed E-state index contributed by atoms with van der Waals surface area (Å²) in [4.78, 5) is 0. The van der Waals surface area contributed by atoms with Gasteiger partial charge in [-0.15, -0.1) is 17.5 Å². The monoisotopic (exact) mass is 344 g/mol. The first-order chi connectivity index (χ1) is 7.43. The maximum Gasteiger partial charge on any atom is 4.00 e. The van der Waals surface area contributed by atoms with Gasteiger partial charge in [0, 0.05) is 0 Å². The third-order valence-electron chi connectivity index (χ3n) is 2.75. The quantitative estimate of drug-likeness (QED) is 0.307. The second-order valence-corrected chi connectivity index (χ2v) is 3.74. The van der Waals surface area contributed by atoms with Crippen LogP contribution in [0.1, 0.15) is 0 Å². The largest absolute Gasteiger partial charge is 4.00 e. The van der Waals surface area contributed by atoms with Gasteiger partial charge < -0.3 is 37.2 Å². The molecule has 0 radical (unpaired) electrons. The van der Waals surface area contributed by atoms with E-state index >= 15 is 0 Å². The second kappa shape index (κ2) is 9.52. The van der Waals surface area contributed by atoms with Crippen LogP contribution in [-0.2, 0) is 21.7 Å². The van der Waals surface area contributed by atoms with Crippen molar-refractivity contribution in [2.24, 2.45) is 0 Å². The van der Waals surface area contributed by atoms with Crippen molar-refractivity contribution in [1.29, 1.82) is 0 Å². The van der Waals surface area contributed by atoms with E-state index in [1.807, 2.05) is 6.07 Å². The molecule has 0 heterocycles. The van der Waals surface area contributed by atoms with Crippen molar-refractivity contribution < 1.29 is 58.9 Å². The number of fused-ring (bicyclic) bond motifs is 1. The average Bonchev–Trinajstić information content (AvgIpc) is 2.77. The van der Waals surface area contributed by atoms with E-state index in [-0.39, 0.29) is 58.9 Å². The van der Waals surface area contributed by atoms with Gasteiger partial charge in [-0.2, -0.15) is 17.5 Å². The Kier molecular flexibility index (Phi) is 10.5. The smallest absolute Gasteiger partial charge is 1.00 e. The molecule has 0 aliphatic heterocycles. The van der Waals surface area contributed by atoms with Gasteiger partial charge in [0.25, 0.3) is 0 Å². The SMILES string of the molecule is [Cl-].[Cl-].[Cl-].[Ti+4].c1ccc(-c2ccc3[cH-]ccc3c2)cc1. The van der Waals surface area contributed by atoms with Crippen LogP contribution in [-0.4, -0.2) is 0 Å². The van der Waals surface area contributed by atoms with Gasteiger partial charge in [0.2, 0.25) is 0 Å². The van der Waals surface area contributed by atoms with E-state index in [1.54, 1.807) is 0 Å². The summed E-state index contributed by atoms with van der Waals surface area (Å²) in [5.41, 5.74) is 2.56. The predicted molar refractivity (Wildman–Crippen MR) is 65.0 cm³/mol. The molecule has 3 aromatic rings. The van der Waals surface area contributed by atoms with Gasteiger partial charge in [0.05, 0.1) is 0 Å². The standard InChI is InChI=1S/C15H11.3ClH.Ti/c1-2-5-12(6-3-1)15-10-9-13-7-4-8-14(13)11-15;;;;/h1-11H;3*1H;/q-1;;;;+4/p-3. The first-order valence-electron chi connectivity index (χ1n) is 5.14. The molecule has 0 unspecified atom stereocenters. The van der Waals surface area contributed by atoms with Crippen molar-refractivity contribution in [3.63, 3.8) is 0 Å². The van der Waals surface area contributed by atoms with Crippen LogP contribution in [0.2, 0.25) is 0 Å².